The highest BCUT2D eigenvalue weighted by molar-refractivity contribution is 5.83. The van der Waals surface area contributed by atoms with Gasteiger partial charge in [0.1, 0.15) is 12.5 Å². The van der Waals surface area contributed by atoms with Gasteiger partial charge in [0.05, 0.1) is 0 Å². The molecule has 4 unspecified atom stereocenters. The largest absolute Gasteiger partial charge is 0.348 e. The van der Waals surface area contributed by atoms with Crippen LogP contribution in [0.3, 0.4) is 0 Å². The second kappa shape index (κ2) is 9.02. The first-order valence-electron chi connectivity index (χ1n) is 12.5. The van der Waals surface area contributed by atoms with Crippen molar-refractivity contribution in [1.29, 1.82) is 0 Å². The van der Waals surface area contributed by atoms with E-state index in [-0.39, 0.29) is 35.3 Å². The van der Waals surface area contributed by atoms with E-state index in [1.165, 1.54) is 0 Å². The molecule has 8 heteroatoms. The van der Waals surface area contributed by atoms with E-state index in [0.717, 1.165) is 43.2 Å². The van der Waals surface area contributed by atoms with E-state index in [4.69, 9.17) is 9.47 Å². The minimum Gasteiger partial charge on any atom is -0.348 e. The fourth-order valence-corrected chi connectivity index (χ4v) is 6.14. The zero-order valence-electron chi connectivity index (χ0n) is 19.7. The number of ether oxygens (including phenoxy) is 2. The Morgan fingerprint density at radius 2 is 1.09 bits per heavy atom. The lowest BCUT2D eigenvalue weighted by Crippen LogP contribution is -2.51. The lowest BCUT2D eigenvalue weighted by Gasteiger charge is -2.30. The number of benzene rings is 2. The van der Waals surface area contributed by atoms with Crippen molar-refractivity contribution in [2.75, 3.05) is 13.1 Å². The van der Waals surface area contributed by atoms with Crippen molar-refractivity contribution in [2.45, 2.75) is 67.8 Å². The molecule has 2 saturated carbocycles. The second-order valence-corrected chi connectivity index (χ2v) is 10.4. The summed E-state index contributed by atoms with van der Waals surface area (Å²) in [7, 11) is 0. The lowest BCUT2D eigenvalue weighted by atomic mass is 9.91. The fraction of sp³-hybridized carbons (Fsp3) is 0.481. The second-order valence-electron chi connectivity index (χ2n) is 10.4. The Labute approximate surface area is 205 Å². The maximum atomic E-state index is 13.1. The van der Waals surface area contributed by atoms with E-state index >= 15 is 0 Å². The van der Waals surface area contributed by atoms with Crippen LogP contribution in [0.5, 0.6) is 0 Å². The van der Waals surface area contributed by atoms with Crippen LogP contribution >= 0.6 is 0 Å². The van der Waals surface area contributed by atoms with Gasteiger partial charge in [-0.05, 0) is 43.2 Å². The number of amides is 2. The number of nitrogens with one attached hydrogen (secondary N) is 4. The molecule has 2 bridgehead atoms. The van der Waals surface area contributed by atoms with Gasteiger partial charge >= 0.3 is 0 Å². The van der Waals surface area contributed by atoms with Crippen LogP contribution in [0.25, 0.3) is 0 Å². The van der Waals surface area contributed by atoms with Crippen molar-refractivity contribution in [3.8, 4) is 0 Å². The molecular formula is C27H32N4O4. The zero-order valence-corrected chi connectivity index (χ0v) is 19.7. The summed E-state index contributed by atoms with van der Waals surface area (Å²) in [6.07, 6.45) is 2.61. The van der Waals surface area contributed by atoms with Crippen molar-refractivity contribution in [3.05, 3.63) is 71.8 Å². The average molecular weight is 477 g/mol. The summed E-state index contributed by atoms with van der Waals surface area (Å²) in [4.78, 5) is 26.2. The van der Waals surface area contributed by atoms with Crippen molar-refractivity contribution >= 4 is 11.8 Å². The van der Waals surface area contributed by atoms with E-state index in [1.807, 2.05) is 60.7 Å². The summed E-state index contributed by atoms with van der Waals surface area (Å²) in [5.41, 5.74) is 1.48. The molecule has 2 saturated heterocycles. The first-order valence-corrected chi connectivity index (χ1v) is 12.5. The van der Waals surface area contributed by atoms with E-state index in [1.54, 1.807) is 0 Å². The van der Waals surface area contributed by atoms with Crippen molar-refractivity contribution in [2.24, 2.45) is 0 Å². The molecule has 8 nitrogen and oxygen atoms in total. The Hall–Kier alpha value is -2.78. The third kappa shape index (κ3) is 4.47. The van der Waals surface area contributed by atoms with E-state index in [9.17, 15) is 9.59 Å². The molecule has 2 aromatic carbocycles. The normalized spacial score (nSPS) is 35.8. The average Bonchev–Trinajstić information content (AvgIpc) is 3.68. The molecule has 2 aromatic rings. The maximum absolute atomic E-state index is 13.1. The number of rotatable bonds is 6. The van der Waals surface area contributed by atoms with Crippen LogP contribution < -0.4 is 21.3 Å². The van der Waals surface area contributed by atoms with Crippen LogP contribution in [0, 0.1) is 0 Å². The Morgan fingerprint density at radius 1 is 0.686 bits per heavy atom. The molecule has 4 atom stereocenters. The van der Waals surface area contributed by atoms with Crippen LogP contribution in [0.1, 0.15) is 55.7 Å². The van der Waals surface area contributed by atoms with Gasteiger partial charge in [-0.15, -0.1) is 0 Å². The molecule has 184 valence electrons. The third-order valence-corrected chi connectivity index (χ3v) is 7.99. The highest BCUT2D eigenvalue weighted by atomic mass is 16.5. The predicted molar refractivity (Wildman–Crippen MR) is 129 cm³/mol. The number of hydrogen-bond donors (Lipinski definition) is 4. The topological polar surface area (TPSA) is 101 Å². The van der Waals surface area contributed by atoms with Crippen LogP contribution in [0.15, 0.2) is 60.7 Å². The monoisotopic (exact) mass is 476 g/mol. The van der Waals surface area contributed by atoms with E-state index in [2.05, 4.69) is 21.3 Å². The molecule has 2 aliphatic carbocycles. The van der Waals surface area contributed by atoms with Gasteiger partial charge in [0, 0.05) is 24.2 Å². The van der Waals surface area contributed by atoms with Gasteiger partial charge in [-0.1, -0.05) is 60.7 Å². The van der Waals surface area contributed by atoms with E-state index < -0.39 is 12.2 Å². The standard InChI is InChI=1S/C27H32N4O4/c32-22(20-15-28-24(34-20)18-7-3-1-4-8-18)30-26-11-13-27(17-26,14-12-26)31-23(33)21-16-29-25(35-21)19-9-5-2-6-10-19/h1-10,20-21,24-25,28-29H,11-17H2,(H,30,32)(H,31,33). The van der Waals surface area contributed by atoms with Crippen LogP contribution in [-0.2, 0) is 19.1 Å². The third-order valence-electron chi connectivity index (χ3n) is 7.99. The molecule has 4 aliphatic rings. The Bertz CT molecular complexity index is 986. The molecule has 4 fully saturated rings. The molecule has 0 aromatic heterocycles. The van der Waals surface area contributed by atoms with Gasteiger partial charge in [-0.25, -0.2) is 0 Å². The van der Waals surface area contributed by atoms with Gasteiger partial charge in [0.15, 0.2) is 12.2 Å². The summed E-state index contributed by atoms with van der Waals surface area (Å²) >= 11 is 0. The number of carbonyl (C=O) groups is 2. The summed E-state index contributed by atoms with van der Waals surface area (Å²) in [6.45, 7) is 0.968. The predicted octanol–water partition coefficient (Wildman–Crippen LogP) is 2.05. The van der Waals surface area contributed by atoms with Crippen molar-refractivity contribution in [1.82, 2.24) is 21.3 Å². The van der Waals surface area contributed by atoms with Crippen LogP contribution in [0.4, 0.5) is 0 Å². The molecule has 0 spiro atoms. The van der Waals surface area contributed by atoms with Crippen molar-refractivity contribution < 1.29 is 19.1 Å². The molecule has 4 N–H and O–H groups in total. The van der Waals surface area contributed by atoms with Gasteiger partial charge in [0.2, 0.25) is 0 Å². The molecule has 35 heavy (non-hydrogen) atoms. The first-order chi connectivity index (χ1) is 17.0. The quantitative estimate of drug-likeness (QED) is 0.509. The molecule has 2 aliphatic heterocycles. The Kier molecular flexibility index (Phi) is 5.84. The molecule has 6 rings (SSSR count). The number of hydrogen-bond acceptors (Lipinski definition) is 6. The lowest BCUT2D eigenvalue weighted by molar-refractivity contribution is -0.134. The summed E-state index contributed by atoms with van der Waals surface area (Å²) in [5.74, 6) is -0.150. The Morgan fingerprint density at radius 3 is 1.49 bits per heavy atom. The summed E-state index contributed by atoms with van der Waals surface area (Å²) in [5, 5.41) is 13.2. The molecular weight excluding hydrogens is 444 g/mol. The first kappa shape index (κ1) is 22.7. The summed E-state index contributed by atoms with van der Waals surface area (Å²) < 4.78 is 12.0. The number of carbonyl (C=O) groups excluding carboxylic acids is 2. The highest BCUT2D eigenvalue weighted by Crippen LogP contribution is 2.50. The van der Waals surface area contributed by atoms with Gasteiger partial charge in [0.25, 0.3) is 11.8 Å². The van der Waals surface area contributed by atoms with Crippen molar-refractivity contribution in [3.63, 3.8) is 0 Å². The highest BCUT2D eigenvalue weighted by Gasteiger charge is 2.56. The maximum Gasteiger partial charge on any atom is 0.250 e. The SMILES string of the molecule is O=C(NC12CCC(NC(=O)C3CNC(c4ccccc4)O3)(CC1)C2)C1CNC(c2ccccc2)O1. The fourth-order valence-electron chi connectivity index (χ4n) is 6.14. The Balaban J connectivity index is 1.03. The minimum absolute atomic E-state index is 0.0750. The summed E-state index contributed by atoms with van der Waals surface area (Å²) in [6, 6.07) is 19.8. The molecule has 2 amide bonds. The van der Waals surface area contributed by atoms with Crippen LogP contribution in [-0.4, -0.2) is 48.2 Å². The van der Waals surface area contributed by atoms with Crippen LogP contribution in [0.2, 0.25) is 0 Å². The smallest absolute Gasteiger partial charge is 0.250 e. The van der Waals surface area contributed by atoms with E-state index in [0.29, 0.717) is 13.1 Å². The van der Waals surface area contributed by atoms with Gasteiger partial charge in [-0.3, -0.25) is 20.2 Å². The molecule has 0 radical (unpaired) electrons. The number of fused-ring (bicyclic) bond motifs is 2. The molecule has 2 heterocycles. The minimum atomic E-state index is -0.521. The zero-order chi connectivity index (χ0) is 23.9. The van der Waals surface area contributed by atoms with Gasteiger partial charge in [-0.2, -0.15) is 0 Å². The van der Waals surface area contributed by atoms with Gasteiger partial charge < -0.3 is 20.1 Å².